The smallest absolute Gasteiger partial charge is 0.187 e. The predicted molar refractivity (Wildman–Crippen MR) is 232 cm³/mol. The molecule has 0 spiro atoms. The van der Waals surface area contributed by atoms with Crippen molar-refractivity contribution in [3.8, 4) is 0 Å². The van der Waals surface area contributed by atoms with Crippen LogP contribution in [0, 0.1) is 0 Å². The van der Waals surface area contributed by atoms with Crippen LogP contribution in [0.2, 0.25) is 0 Å². The minimum absolute atomic E-state index is 0.863. The van der Waals surface area contributed by atoms with Gasteiger partial charge in [0.05, 0.1) is 46.2 Å². The van der Waals surface area contributed by atoms with Crippen molar-refractivity contribution in [1.82, 2.24) is 0 Å². The van der Waals surface area contributed by atoms with E-state index in [0.717, 1.165) is 0 Å². The van der Waals surface area contributed by atoms with Gasteiger partial charge in [0.15, 0.2) is 44.0 Å². The topological polar surface area (TPSA) is 585 Å². The third-order valence-corrected chi connectivity index (χ3v) is 14.5. The predicted octanol–water partition coefficient (Wildman–Crippen LogP) is -16.3. The van der Waals surface area contributed by atoms with Crippen molar-refractivity contribution in [3.63, 3.8) is 0 Å². The molecule has 456 valence electrons. The van der Waals surface area contributed by atoms with Crippen LogP contribution >= 0.6 is 0 Å². The van der Waals surface area contributed by atoms with Crippen LogP contribution < -0.4 is 0 Å². The second-order valence-electron chi connectivity index (χ2n) is 19.7. The Morgan fingerprint density at radius 2 is 0.449 bits per heavy atom. The number of hydrogen-bond acceptors (Lipinski definition) is 36. The molecule has 7 aliphatic heterocycles. The Morgan fingerprint density at radius 3 is 0.821 bits per heavy atom. The van der Waals surface area contributed by atoms with Crippen LogP contribution in [0.5, 0.6) is 0 Å². The number of aliphatic hydroxyl groups excluding tert-OH is 23. The molecule has 0 saturated carbocycles. The first kappa shape index (κ1) is 64.1. The van der Waals surface area contributed by atoms with E-state index in [1.54, 1.807) is 0 Å². The van der Waals surface area contributed by atoms with Gasteiger partial charge in [-0.15, -0.1) is 0 Å². The first-order chi connectivity index (χ1) is 36.9. The third-order valence-electron chi connectivity index (χ3n) is 14.5. The van der Waals surface area contributed by atoms with Gasteiger partial charge in [0.1, 0.15) is 171 Å². The van der Waals surface area contributed by atoms with Crippen LogP contribution in [0.3, 0.4) is 0 Å². The van der Waals surface area contributed by atoms with E-state index < -0.39 is 261 Å². The summed E-state index contributed by atoms with van der Waals surface area (Å²) in [5.74, 6) is 0. The molecule has 0 bridgehead atoms. The van der Waals surface area contributed by atoms with Gasteiger partial charge in [-0.2, -0.15) is 0 Å². The zero-order valence-corrected chi connectivity index (χ0v) is 40.8. The minimum atomic E-state index is -2.37. The lowest BCUT2D eigenvalue weighted by Crippen LogP contribution is -2.68. The van der Waals surface area contributed by atoms with Gasteiger partial charge in [-0.1, -0.05) is 0 Å². The Morgan fingerprint density at radius 1 is 0.218 bits per heavy atom. The van der Waals surface area contributed by atoms with Crippen molar-refractivity contribution < 1.29 is 179 Å². The molecule has 35 atom stereocenters. The Kier molecular flexibility index (Phi) is 22.6. The van der Waals surface area contributed by atoms with Crippen molar-refractivity contribution in [2.24, 2.45) is 0 Å². The van der Waals surface area contributed by atoms with E-state index >= 15 is 0 Å². The number of hydrogen-bond donors (Lipinski definition) is 23. The maximum atomic E-state index is 11.9. The highest BCUT2D eigenvalue weighted by atomic mass is 16.8. The molecule has 0 aromatic heterocycles. The van der Waals surface area contributed by atoms with E-state index in [9.17, 15) is 117 Å². The second kappa shape index (κ2) is 27.5. The van der Waals surface area contributed by atoms with E-state index in [2.05, 4.69) is 0 Å². The van der Waals surface area contributed by atoms with Crippen LogP contribution in [0.4, 0.5) is 0 Å². The summed E-state index contributed by atoms with van der Waals surface area (Å²) in [6.45, 7) is -6.51. The van der Waals surface area contributed by atoms with E-state index in [0.29, 0.717) is 0 Å². The molecule has 0 aliphatic carbocycles. The lowest BCUT2D eigenvalue weighted by Gasteiger charge is -2.49. The van der Waals surface area contributed by atoms with Gasteiger partial charge in [-0.05, 0) is 0 Å². The van der Waals surface area contributed by atoms with E-state index in [-0.39, 0.29) is 0 Å². The van der Waals surface area contributed by atoms with Crippen molar-refractivity contribution >= 4 is 0 Å². The molecule has 0 amide bonds. The van der Waals surface area contributed by atoms with E-state index in [1.165, 1.54) is 0 Å². The lowest BCUT2D eigenvalue weighted by molar-refractivity contribution is -0.394. The highest BCUT2D eigenvalue weighted by Gasteiger charge is 2.57. The van der Waals surface area contributed by atoms with Crippen LogP contribution in [0.15, 0.2) is 0 Å². The van der Waals surface area contributed by atoms with Gasteiger partial charge in [-0.3, -0.25) is 0 Å². The van der Waals surface area contributed by atoms with Gasteiger partial charge in [-0.25, -0.2) is 0 Å². The number of ether oxygens (including phenoxy) is 13. The van der Waals surface area contributed by atoms with Gasteiger partial charge in [0.2, 0.25) is 0 Å². The molecule has 7 aliphatic rings. The summed E-state index contributed by atoms with van der Waals surface area (Å²) in [6.07, 6.45) is -69.3. The largest absolute Gasteiger partial charge is 0.394 e. The molecular formula is C42H72O36. The maximum absolute atomic E-state index is 11.9. The number of aliphatic hydroxyl groups is 23. The summed E-state index contributed by atoms with van der Waals surface area (Å²) in [6, 6.07) is 0. The fourth-order valence-corrected chi connectivity index (χ4v) is 9.67. The Hall–Kier alpha value is -1.44. The van der Waals surface area contributed by atoms with E-state index in [1.807, 2.05) is 0 Å². The van der Waals surface area contributed by atoms with Gasteiger partial charge >= 0.3 is 0 Å². The first-order valence-electron chi connectivity index (χ1n) is 24.6. The highest BCUT2D eigenvalue weighted by molar-refractivity contribution is 5.00. The Labute approximate surface area is 439 Å². The fraction of sp³-hybridized carbons (Fsp3) is 1.00. The summed E-state index contributed by atoms with van der Waals surface area (Å²) in [5, 5.41) is 244. The summed E-state index contributed by atoms with van der Waals surface area (Å²) < 4.78 is 72.5. The molecule has 0 aromatic rings. The zero-order chi connectivity index (χ0) is 57.3. The molecule has 23 N–H and O–H groups in total. The summed E-state index contributed by atoms with van der Waals surface area (Å²) >= 11 is 0. The normalized spacial score (nSPS) is 53.5. The van der Waals surface area contributed by atoms with Gasteiger partial charge in [0, 0.05) is 0 Å². The summed E-state index contributed by atoms with van der Waals surface area (Å²) in [5.41, 5.74) is 0. The minimum Gasteiger partial charge on any atom is -0.394 e. The highest BCUT2D eigenvalue weighted by Crippen LogP contribution is 2.36. The van der Waals surface area contributed by atoms with Crippen LogP contribution in [0.25, 0.3) is 0 Å². The van der Waals surface area contributed by atoms with Crippen molar-refractivity contribution in [2.75, 3.05) is 46.2 Å². The Bertz CT molecular complexity index is 1810. The molecule has 7 saturated heterocycles. The third kappa shape index (κ3) is 13.4. The molecule has 7 fully saturated rings. The van der Waals surface area contributed by atoms with Crippen LogP contribution in [-0.4, -0.2) is 379 Å². The second-order valence-corrected chi connectivity index (χ2v) is 19.7. The number of rotatable bonds is 19. The summed E-state index contributed by atoms with van der Waals surface area (Å²) in [4.78, 5) is 0. The molecule has 0 aromatic carbocycles. The molecule has 36 heteroatoms. The Balaban J connectivity index is 1.13. The molecule has 7 rings (SSSR count). The molecule has 78 heavy (non-hydrogen) atoms. The molecule has 7 heterocycles. The fourth-order valence-electron chi connectivity index (χ4n) is 9.67. The average molecular weight is 1150 g/mol. The maximum Gasteiger partial charge on any atom is 0.187 e. The first-order valence-corrected chi connectivity index (χ1v) is 24.6. The zero-order valence-electron chi connectivity index (χ0n) is 40.8. The van der Waals surface area contributed by atoms with Crippen molar-refractivity contribution in [2.45, 2.75) is 215 Å². The lowest BCUT2D eigenvalue weighted by atomic mass is 9.95. The van der Waals surface area contributed by atoms with Gasteiger partial charge < -0.3 is 179 Å². The molecule has 1 unspecified atom stereocenters. The molecule has 0 radical (unpaired) electrons. The van der Waals surface area contributed by atoms with Crippen LogP contribution in [-0.2, 0) is 61.6 Å². The van der Waals surface area contributed by atoms with Gasteiger partial charge in [0.25, 0.3) is 0 Å². The van der Waals surface area contributed by atoms with Crippen molar-refractivity contribution in [1.29, 1.82) is 0 Å². The molecule has 36 nitrogen and oxygen atoms in total. The van der Waals surface area contributed by atoms with E-state index in [4.69, 9.17) is 61.6 Å². The van der Waals surface area contributed by atoms with Crippen molar-refractivity contribution in [3.05, 3.63) is 0 Å². The average Bonchev–Trinajstić information content (AvgIpc) is 3.43. The quantitative estimate of drug-likeness (QED) is 0.0571. The molecular weight excluding hydrogens is 1080 g/mol. The monoisotopic (exact) mass is 1150 g/mol. The summed E-state index contributed by atoms with van der Waals surface area (Å²) in [7, 11) is 0. The SMILES string of the molecule is OC[C@H]1O[C@@H](OC[C@H]2O[C@@H](O[C@@H]3[C@@H](O)[C@H](O[C@@H]4[C@@H](O)[C@H](OC[C@H]5OC(O)[C@H](O)[C@@H](O)[C@@H]5O)O[C@H](CO[C@@H]5O[C@H](CO)[C@@H](O)[C@H](O)[C@H]5O)[C@H]4O)O[C@H](CO)[C@H]3O)[C@H](O)[C@@H](O[C@@H]3O[C@H](CO)[C@@H](O)[C@H](O)[C@H]3O)[C@@H]2O)[C@H](O)[C@@H](O)[C@@H]1O. The standard InChI is InChI=1S/C42H72O36/c43-1-8-15(47)23(55)27(59)37(70-8)66-6-13-20(52)34(30(62)39(74-13)68-5-12-18(50)22(54)26(58)36(65)69-12)78-41-31(63)33(19(51)11(4-46)73-41)77-42-32(64)35(76-40-29(61)25(57)17(49)10(3-45)72-40)21(53)14(75-42)7-67-38-28(60)24(56)16(48)9(2-44)71-38/h8-65H,1-7H2/t8-,9-,10-,11-,12-,13-,14-,15-,16-,17-,18-,19-,20-,21-,22+,23+,24+,25+,26-,27-,28-,29-,30-,31-,32-,33+,34+,35+,36?,37-,38-,39-,40+,41+,42+/m1/s1. The van der Waals surface area contributed by atoms with Crippen LogP contribution in [0.1, 0.15) is 0 Å².